The SMILES string of the molecule is CCNC(=O)c1ccc2c(c1)[C@@H]1C=CC[C@H]1[C@@H](c1ccc(Cl)cc1)N2. The Morgan fingerprint density at radius 2 is 2.04 bits per heavy atom. The number of carbonyl (C=O) groups is 1. The number of rotatable bonds is 3. The minimum absolute atomic E-state index is 0.0105. The molecule has 0 spiro atoms. The largest absolute Gasteiger partial charge is 0.378 e. The number of halogens is 1. The van der Waals surface area contributed by atoms with Crippen LogP contribution in [0.2, 0.25) is 5.02 Å². The summed E-state index contributed by atoms with van der Waals surface area (Å²) >= 11 is 6.05. The average Bonchev–Trinajstić information content (AvgIpc) is 3.11. The van der Waals surface area contributed by atoms with Gasteiger partial charge in [0.1, 0.15) is 0 Å². The molecule has 0 unspecified atom stereocenters. The van der Waals surface area contributed by atoms with E-state index in [4.69, 9.17) is 11.6 Å². The smallest absolute Gasteiger partial charge is 0.251 e. The van der Waals surface area contributed by atoms with Gasteiger partial charge in [-0.2, -0.15) is 0 Å². The molecule has 4 rings (SSSR count). The van der Waals surface area contributed by atoms with E-state index in [0.717, 1.165) is 22.7 Å². The topological polar surface area (TPSA) is 41.1 Å². The van der Waals surface area contributed by atoms with Gasteiger partial charge in [0, 0.05) is 28.7 Å². The average molecular weight is 353 g/mol. The molecule has 3 nitrogen and oxygen atoms in total. The molecule has 2 aromatic carbocycles. The van der Waals surface area contributed by atoms with Gasteiger partial charge < -0.3 is 10.6 Å². The van der Waals surface area contributed by atoms with Crippen molar-refractivity contribution >= 4 is 23.2 Å². The lowest BCUT2D eigenvalue weighted by atomic mass is 9.76. The van der Waals surface area contributed by atoms with Crippen LogP contribution in [0.4, 0.5) is 5.69 Å². The maximum Gasteiger partial charge on any atom is 0.251 e. The van der Waals surface area contributed by atoms with E-state index >= 15 is 0 Å². The van der Waals surface area contributed by atoms with Crippen molar-refractivity contribution in [1.82, 2.24) is 5.32 Å². The minimum atomic E-state index is -0.0105. The molecule has 0 bridgehead atoms. The van der Waals surface area contributed by atoms with Crippen molar-refractivity contribution in [2.45, 2.75) is 25.3 Å². The Labute approximate surface area is 153 Å². The number of carbonyl (C=O) groups excluding carboxylic acids is 1. The second-order valence-electron chi connectivity index (χ2n) is 6.69. The maximum atomic E-state index is 12.2. The number of amides is 1. The van der Waals surface area contributed by atoms with Crippen molar-refractivity contribution in [3.05, 3.63) is 76.3 Å². The molecule has 1 aliphatic heterocycles. The predicted molar refractivity (Wildman–Crippen MR) is 102 cm³/mol. The van der Waals surface area contributed by atoms with E-state index in [-0.39, 0.29) is 11.9 Å². The molecule has 4 heteroatoms. The van der Waals surface area contributed by atoms with Crippen LogP contribution in [0.15, 0.2) is 54.6 Å². The molecule has 1 amide bonds. The Morgan fingerprint density at radius 3 is 2.80 bits per heavy atom. The van der Waals surface area contributed by atoms with Gasteiger partial charge in [0.25, 0.3) is 5.91 Å². The summed E-state index contributed by atoms with van der Waals surface area (Å²) in [5.74, 6) is 0.785. The van der Waals surface area contributed by atoms with Crippen molar-refractivity contribution in [2.24, 2.45) is 5.92 Å². The predicted octanol–water partition coefficient (Wildman–Crippen LogP) is 4.92. The third-order valence-electron chi connectivity index (χ3n) is 5.19. The normalized spacial score (nSPS) is 23.5. The van der Waals surface area contributed by atoms with E-state index in [9.17, 15) is 4.79 Å². The van der Waals surface area contributed by atoms with Crippen molar-refractivity contribution in [1.29, 1.82) is 0 Å². The van der Waals surface area contributed by atoms with Gasteiger partial charge in [-0.15, -0.1) is 0 Å². The second kappa shape index (κ2) is 6.57. The molecule has 1 aliphatic carbocycles. The first-order valence-corrected chi connectivity index (χ1v) is 9.16. The van der Waals surface area contributed by atoms with Gasteiger partial charge in [-0.05, 0) is 60.7 Å². The first-order valence-electron chi connectivity index (χ1n) is 8.78. The van der Waals surface area contributed by atoms with Gasteiger partial charge in [-0.3, -0.25) is 4.79 Å². The van der Waals surface area contributed by atoms with Gasteiger partial charge in [0.05, 0.1) is 6.04 Å². The highest BCUT2D eigenvalue weighted by atomic mass is 35.5. The molecule has 3 atom stereocenters. The Balaban J connectivity index is 1.71. The zero-order chi connectivity index (χ0) is 17.4. The van der Waals surface area contributed by atoms with E-state index in [1.54, 1.807) is 0 Å². The lowest BCUT2D eigenvalue weighted by Crippen LogP contribution is -2.30. The van der Waals surface area contributed by atoms with E-state index in [1.165, 1.54) is 11.1 Å². The van der Waals surface area contributed by atoms with Gasteiger partial charge in [0.15, 0.2) is 0 Å². The minimum Gasteiger partial charge on any atom is -0.378 e. The molecule has 2 N–H and O–H groups in total. The number of hydrogen-bond acceptors (Lipinski definition) is 2. The maximum absolute atomic E-state index is 12.2. The summed E-state index contributed by atoms with van der Waals surface area (Å²) in [5, 5.41) is 7.32. The van der Waals surface area contributed by atoms with Gasteiger partial charge >= 0.3 is 0 Å². The molecule has 2 aromatic rings. The summed E-state index contributed by atoms with van der Waals surface area (Å²) in [4.78, 5) is 12.2. The summed E-state index contributed by atoms with van der Waals surface area (Å²) in [6, 6.07) is 14.3. The Kier molecular flexibility index (Phi) is 4.26. The second-order valence-corrected chi connectivity index (χ2v) is 7.12. The molecular formula is C21H21ClN2O. The van der Waals surface area contributed by atoms with Crippen LogP contribution in [0, 0.1) is 5.92 Å². The van der Waals surface area contributed by atoms with E-state index in [2.05, 4.69) is 34.9 Å². The molecule has 0 saturated heterocycles. The Hall–Kier alpha value is -2.26. The van der Waals surface area contributed by atoms with Crippen molar-refractivity contribution in [3.63, 3.8) is 0 Å². The molecule has 0 radical (unpaired) electrons. The quantitative estimate of drug-likeness (QED) is 0.770. The van der Waals surface area contributed by atoms with E-state index < -0.39 is 0 Å². The van der Waals surface area contributed by atoms with Crippen LogP contribution in [0.1, 0.15) is 46.8 Å². The Bertz CT molecular complexity index is 828. The van der Waals surface area contributed by atoms with Crippen molar-refractivity contribution in [2.75, 3.05) is 11.9 Å². The van der Waals surface area contributed by atoms with Crippen molar-refractivity contribution in [3.8, 4) is 0 Å². The highest BCUT2D eigenvalue weighted by Gasteiger charge is 2.38. The highest BCUT2D eigenvalue weighted by Crippen LogP contribution is 2.49. The van der Waals surface area contributed by atoms with Gasteiger partial charge in [-0.25, -0.2) is 0 Å². The lowest BCUT2D eigenvalue weighted by Gasteiger charge is -2.37. The van der Waals surface area contributed by atoms with Crippen LogP contribution >= 0.6 is 11.6 Å². The van der Waals surface area contributed by atoms with Gasteiger partial charge in [0.2, 0.25) is 0 Å². The first kappa shape index (κ1) is 16.2. The summed E-state index contributed by atoms with van der Waals surface area (Å²) in [6.45, 7) is 2.57. The number of hydrogen-bond donors (Lipinski definition) is 2. The molecule has 1 heterocycles. The fraction of sp³-hybridized carbons (Fsp3) is 0.286. The third-order valence-corrected chi connectivity index (χ3v) is 5.44. The molecule has 2 aliphatic rings. The number of nitrogens with one attached hydrogen (secondary N) is 2. The fourth-order valence-corrected chi connectivity index (χ4v) is 4.12. The summed E-state index contributed by atoms with van der Waals surface area (Å²) in [5.41, 5.74) is 4.31. The van der Waals surface area contributed by atoms with Crippen LogP contribution in [0.25, 0.3) is 0 Å². The lowest BCUT2D eigenvalue weighted by molar-refractivity contribution is 0.0955. The molecule has 0 fully saturated rings. The number of anilines is 1. The zero-order valence-electron chi connectivity index (χ0n) is 14.1. The van der Waals surface area contributed by atoms with Gasteiger partial charge in [-0.1, -0.05) is 35.9 Å². The van der Waals surface area contributed by atoms with Crippen molar-refractivity contribution < 1.29 is 4.79 Å². The summed E-state index contributed by atoms with van der Waals surface area (Å²) in [7, 11) is 0. The fourth-order valence-electron chi connectivity index (χ4n) is 4.00. The standard InChI is InChI=1S/C21H21ClN2O/c1-2-23-21(25)14-8-11-19-18(12-14)16-4-3-5-17(16)20(24-19)13-6-9-15(22)10-7-13/h3-4,6-12,16-17,20,24H,2,5H2,1H3,(H,23,25)/t16-,17-,20-/m1/s1. The molecular weight excluding hydrogens is 332 g/mol. The van der Waals surface area contributed by atoms with Crippen LogP contribution in [-0.4, -0.2) is 12.5 Å². The number of fused-ring (bicyclic) bond motifs is 3. The number of benzene rings is 2. The Morgan fingerprint density at radius 1 is 1.24 bits per heavy atom. The van der Waals surface area contributed by atoms with E-state index in [0.29, 0.717) is 18.4 Å². The molecule has 128 valence electrons. The molecule has 0 aromatic heterocycles. The molecule has 0 saturated carbocycles. The molecule has 25 heavy (non-hydrogen) atoms. The van der Waals surface area contributed by atoms with Crippen LogP contribution in [0.3, 0.4) is 0 Å². The number of allylic oxidation sites excluding steroid dienone is 2. The van der Waals surface area contributed by atoms with Crippen LogP contribution in [0.5, 0.6) is 0 Å². The summed E-state index contributed by atoms with van der Waals surface area (Å²) < 4.78 is 0. The highest BCUT2D eigenvalue weighted by molar-refractivity contribution is 6.30. The summed E-state index contributed by atoms with van der Waals surface area (Å²) in [6.07, 6.45) is 5.58. The third kappa shape index (κ3) is 2.93. The monoisotopic (exact) mass is 352 g/mol. The zero-order valence-corrected chi connectivity index (χ0v) is 14.9. The first-order chi connectivity index (χ1) is 12.2. The van der Waals surface area contributed by atoms with Crippen LogP contribution in [-0.2, 0) is 0 Å². The van der Waals surface area contributed by atoms with E-state index in [1.807, 2.05) is 37.3 Å². The van der Waals surface area contributed by atoms with Crippen LogP contribution < -0.4 is 10.6 Å².